The number of aromatic nitrogens is 3. The van der Waals surface area contributed by atoms with Crippen LogP contribution in [0.15, 0.2) is 27.3 Å². The number of aryl methyl sites for hydroxylation is 1. The molecule has 0 saturated carbocycles. The molecule has 0 aliphatic heterocycles. The summed E-state index contributed by atoms with van der Waals surface area (Å²) in [5, 5.41) is 6.41. The molecule has 94 valence electrons. The van der Waals surface area contributed by atoms with Crippen molar-refractivity contribution in [1.82, 2.24) is 20.4 Å². The predicted octanol–water partition coefficient (Wildman–Crippen LogP) is 1.51. The van der Waals surface area contributed by atoms with Crippen molar-refractivity contribution in [2.45, 2.75) is 13.3 Å². The maximum absolute atomic E-state index is 11.8. The third kappa shape index (κ3) is 3.13. The van der Waals surface area contributed by atoms with E-state index in [4.69, 9.17) is 4.52 Å². The van der Waals surface area contributed by atoms with Gasteiger partial charge in [0.25, 0.3) is 5.91 Å². The number of carbonyl (C=O) groups excluding carboxylic acids is 1. The Morgan fingerprint density at radius 2 is 2.39 bits per heavy atom. The van der Waals surface area contributed by atoms with Gasteiger partial charge in [-0.2, -0.15) is 4.98 Å². The monoisotopic (exact) mass is 310 g/mol. The molecule has 0 unspecified atom stereocenters. The molecule has 0 bridgehead atoms. The molecule has 6 nitrogen and oxygen atoms in total. The molecule has 1 N–H and O–H groups in total. The van der Waals surface area contributed by atoms with Crippen LogP contribution in [-0.2, 0) is 6.42 Å². The Hall–Kier alpha value is -1.76. The average molecular weight is 311 g/mol. The Labute approximate surface area is 112 Å². The molecule has 0 radical (unpaired) electrons. The lowest BCUT2D eigenvalue weighted by atomic mass is 10.3. The summed E-state index contributed by atoms with van der Waals surface area (Å²) in [6, 6.07) is 3.52. The van der Waals surface area contributed by atoms with Crippen LogP contribution in [0.1, 0.15) is 22.2 Å². The van der Waals surface area contributed by atoms with Gasteiger partial charge in [-0.1, -0.05) is 5.16 Å². The van der Waals surface area contributed by atoms with Crippen molar-refractivity contribution in [3.8, 4) is 0 Å². The second-order valence-electron chi connectivity index (χ2n) is 3.58. The number of rotatable bonds is 4. The highest BCUT2D eigenvalue weighted by Gasteiger charge is 2.11. The lowest BCUT2D eigenvalue weighted by Crippen LogP contribution is -2.26. The smallest absolute Gasteiger partial charge is 0.271 e. The second-order valence-corrected chi connectivity index (χ2v) is 4.43. The first-order valence-electron chi connectivity index (χ1n) is 5.34. The highest BCUT2D eigenvalue weighted by molar-refractivity contribution is 9.10. The van der Waals surface area contributed by atoms with Gasteiger partial charge in [0.05, 0.1) is 0 Å². The predicted molar refractivity (Wildman–Crippen MR) is 67.0 cm³/mol. The fraction of sp³-hybridized carbons (Fsp3) is 0.273. The molecule has 7 heteroatoms. The van der Waals surface area contributed by atoms with Crippen LogP contribution in [0.25, 0.3) is 0 Å². The van der Waals surface area contributed by atoms with Crippen molar-refractivity contribution >= 4 is 21.8 Å². The number of hydrogen-bond donors (Lipinski definition) is 1. The van der Waals surface area contributed by atoms with Crippen LogP contribution in [0.4, 0.5) is 0 Å². The maximum atomic E-state index is 11.8. The van der Waals surface area contributed by atoms with Crippen LogP contribution in [0.5, 0.6) is 0 Å². The summed E-state index contributed by atoms with van der Waals surface area (Å²) in [5.41, 5.74) is 0.360. The maximum Gasteiger partial charge on any atom is 0.271 e. The Morgan fingerprint density at radius 3 is 3.06 bits per heavy atom. The van der Waals surface area contributed by atoms with Gasteiger partial charge >= 0.3 is 0 Å². The van der Waals surface area contributed by atoms with Gasteiger partial charge in [-0.25, -0.2) is 4.98 Å². The fourth-order valence-electron chi connectivity index (χ4n) is 1.36. The van der Waals surface area contributed by atoms with Gasteiger partial charge < -0.3 is 9.84 Å². The molecule has 0 aliphatic rings. The van der Waals surface area contributed by atoms with E-state index in [-0.39, 0.29) is 5.91 Å². The minimum absolute atomic E-state index is 0.237. The lowest BCUT2D eigenvalue weighted by Gasteiger charge is -2.03. The molecule has 0 spiro atoms. The summed E-state index contributed by atoms with van der Waals surface area (Å²) in [4.78, 5) is 19.8. The topological polar surface area (TPSA) is 80.9 Å². The van der Waals surface area contributed by atoms with Gasteiger partial charge in [-0.15, -0.1) is 0 Å². The average Bonchev–Trinajstić information content (AvgIpc) is 2.75. The molecule has 0 fully saturated rings. The van der Waals surface area contributed by atoms with Crippen LogP contribution in [0.2, 0.25) is 0 Å². The van der Waals surface area contributed by atoms with Gasteiger partial charge in [-0.05, 0) is 35.0 Å². The zero-order valence-corrected chi connectivity index (χ0v) is 11.3. The molecule has 0 atom stereocenters. The van der Waals surface area contributed by atoms with E-state index in [2.05, 4.69) is 36.4 Å². The lowest BCUT2D eigenvalue weighted by molar-refractivity contribution is 0.0947. The second kappa shape index (κ2) is 5.72. The summed E-state index contributed by atoms with van der Waals surface area (Å²) in [7, 11) is 0. The number of halogens is 1. The van der Waals surface area contributed by atoms with Crippen molar-refractivity contribution in [3.05, 3.63) is 40.2 Å². The van der Waals surface area contributed by atoms with E-state index >= 15 is 0 Å². The molecule has 0 saturated heterocycles. The molecule has 0 aliphatic carbocycles. The van der Waals surface area contributed by atoms with Gasteiger partial charge in [0, 0.05) is 23.6 Å². The van der Waals surface area contributed by atoms with Crippen molar-refractivity contribution in [1.29, 1.82) is 0 Å². The van der Waals surface area contributed by atoms with E-state index in [1.54, 1.807) is 25.3 Å². The first-order valence-corrected chi connectivity index (χ1v) is 6.14. The molecular weight excluding hydrogens is 300 g/mol. The number of amides is 1. The molecule has 2 heterocycles. The summed E-state index contributed by atoms with van der Waals surface area (Å²) in [6.07, 6.45) is 2.07. The van der Waals surface area contributed by atoms with Crippen molar-refractivity contribution < 1.29 is 9.32 Å². The normalized spacial score (nSPS) is 10.3. The van der Waals surface area contributed by atoms with E-state index < -0.39 is 0 Å². The Kier molecular flexibility index (Phi) is 4.03. The van der Waals surface area contributed by atoms with E-state index in [0.717, 1.165) is 0 Å². The zero-order chi connectivity index (χ0) is 13.0. The summed E-state index contributed by atoms with van der Waals surface area (Å²) in [5.74, 6) is 0.857. The van der Waals surface area contributed by atoms with Gasteiger partial charge in [0.1, 0.15) is 5.69 Å². The van der Waals surface area contributed by atoms with Gasteiger partial charge in [0.2, 0.25) is 5.89 Å². The van der Waals surface area contributed by atoms with E-state index in [0.29, 0.717) is 34.8 Å². The van der Waals surface area contributed by atoms with Gasteiger partial charge in [-0.3, -0.25) is 4.79 Å². The molecule has 0 aromatic carbocycles. The molecule has 1 amide bonds. The number of hydrogen-bond acceptors (Lipinski definition) is 5. The SMILES string of the molecule is Cc1noc(CCNC(=O)c2ncccc2Br)n1. The quantitative estimate of drug-likeness (QED) is 0.925. The minimum atomic E-state index is -0.237. The van der Waals surface area contributed by atoms with E-state index in [9.17, 15) is 4.79 Å². The van der Waals surface area contributed by atoms with Crippen LogP contribution in [-0.4, -0.2) is 27.6 Å². The highest BCUT2D eigenvalue weighted by atomic mass is 79.9. The largest absolute Gasteiger partial charge is 0.350 e. The van der Waals surface area contributed by atoms with Crippen molar-refractivity contribution in [2.75, 3.05) is 6.54 Å². The number of nitrogens with zero attached hydrogens (tertiary/aromatic N) is 3. The molecule has 18 heavy (non-hydrogen) atoms. The van der Waals surface area contributed by atoms with E-state index in [1.165, 1.54) is 0 Å². The fourth-order valence-corrected chi connectivity index (χ4v) is 1.80. The summed E-state index contributed by atoms with van der Waals surface area (Å²) < 4.78 is 5.60. The zero-order valence-electron chi connectivity index (χ0n) is 9.68. The Morgan fingerprint density at radius 1 is 1.56 bits per heavy atom. The Balaban J connectivity index is 1.87. The van der Waals surface area contributed by atoms with Crippen LogP contribution >= 0.6 is 15.9 Å². The number of carbonyl (C=O) groups is 1. The molecule has 2 rings (SSSR count). The standard InChI is InChI=1S/C11H11BrN4O2/c1-7-15-9(18-16-7)4-6-14-11(17)10-8(12)3-2-5-13-10/h2-3,5H,4,6H2,1H3,(H,14,17). The third-order valence-electron chi connectivity index (χ3n) is 2.17. The third-order valence-corrected chi connectivity index (χ3v) is 2.81. The summed E-state index contributed by atoms with van der Waals surface area (Å²) in [6.45, 7) is 2.17. The highest BCUT2D eigenvalue weighted by Crippen LogP contribution is 2.12. The van der Waals surface area contributed by atoms with Crippen LogP contribution in [0, 0.1) is 6.92 Å². The first-order chi connectivity index (χ1) is 8.66. The Bertz CT molecular complexity index is 555. The minimum Gasteiger partial charge on any atom is -0.350 e. The van der Waals surface area contributed by atoms with Crippen molar-refractivity contribution in [3.63, 3.8) is 0 Å². The molecular formula is C11H11BrN4O2. The van der Waals surface area contributed by atoms with E-state index in [1.807, 2.05) is 0 Å². The number of nitrogens with one attached hydrogen (secondary N) is 1. The number of pyridine rings is 1. The van der Waals surface area contributed by atoms with Crippen molar-refractivity contribution in [2.24, 2.45) is 0 Å². The molecule has 2 aromatic heterocycles. The molecule has 2 aromatic rings. The van der Waals surface area contributed by atoms with Crippen LogP contribution < -0.4 is 5.32 Å². The van der Waals surface area contributed by atoms with Crippen LogP contribution in [0.3, 0.4) is 0 Å². The summed E-state index contributed by atoms with van der Waals surface area (Å²) >= 11 is 3.27. The van der Waals surface area contributed by atoms with Gasteiger partial charge in [0.15, 0.2) is 5.82 Å². The first kappa shape index (κ1) is 12.7.